The highest BCUT2D eigenvalue weighted by Gasteiger charge is 2.42. The number of aromatic nitrogens is 3. The molecule has 2 fully saturated rings. The molecule has 6 rings (SSSR count). The minimum Gasteiger partial charge on any atom is -0.391 e. The largest absolute Gasteiger partial charge is 0.391 e. The van der Waals surface area contributed by atoms with Gasteiger partial charge in [0.15, 0.2) is 5.96 Å². The summed E-state index contributed by atoms with van der Waals surface area (Å²) in [6, 6.07) is 9.43. The molecular formula is C80H130N18O15. The third-order valence-corrected chi connectivity index (χ3v) is 20.0. The Morgan fingerprint density at radius 1 is 0.717 bits per heavy atom. The Balaban J connectivity index is 0.000000413. The molecule has 0 aliphatic carbocycles. The van der Waals surface area contributed by atoms with Gasteiger partial charge in [0, 0.05) is 100 Å². The van der Waals surface area contributed by atoms with Gasteiger partial charge in [-0.2, -0.15) is 0 Å². The van der Waals surface area contributed by atoms with Crippen molar-refractivity contribution in [2.24, 2.45) is 28.1 Å². The lowest BCUT2D eigenvalue weighted by Gasteiger charge is -2.31. The van der Waals surface area contributed by atoms with E-state index in [9.17, 15) is 63.3 Å². The van der Waals surface area contributed by atoms with Gasteiger partial charge in [0.25, 0.3) is 0 Å². The summed E-state index contributed by atoms with van der Waals surface area (Å²) < 4.78 is 10.9. The second-order valence-electron chi connectivity index (χ2n) is 29.3. The highest BCUT2D eigenvalue weighted by Crippen LogP contribution is 2.25. The quantitative estimate of drug-likeness (QED) is 0.0131. The fraction of sp³-hybridized carbons (Fsp3) is 0.650. The molecule has 2 aromatic carbocycles. The lowest BCUT2D eigenvalue weighted by molar-refractivity contribution is -0.142. The number of likely N-dealkylation sites (N-methyl/N-ethyl adjacent to an activating group) is 1. The first-order valence-electron chi connectivity index (χ1n) is 40.7. The van der Waals surface area contributed by atoms with E-state index in [1.807, 2.05) is 31.2 Å². The lowest BCUT2D eigenvalue weighted by Crippen LogP contribution is -2.61. The van der Waals surface area contributed by atoms with Crippen LogP contribution >= 0.6 is 0 Å². The van der Waals surface area contributed by atoms with Gasteiger partial charge in [0.1, 0.15) is 43.2 Å². The molecule has 10 amide bonds. The van der Waals surface area contributed by atoms with Crippen molar-refractivity contribution < 1.29 is 72.7 Å². The number of primary amides is 1. The number of fused-ring (bicyclic) bond motifs is 2. The summed E-state index contributed by atoms with van der Waals surface area (Å²) >= 11 is 0. The molecule has 0 unspecified atom stereocenters. The molecule has 4 aromatic rings. The van der Waals surface area contributed by atoms with E-state index in [4.69, 9.17) is 26.7 Å². The molecule has 0 saturated carbocycles. The summed E-state index contributed by atoms with van der Waals surface area (Å²) in [5.74, 6) is -5.31. The Labute approximate surface area is 664 Å². The highest BCUT2D eigenvalue weighted by molar-refractivity contribution is 5.94. The fourth-order valence-corrected chi connectivity index (χ4v) is 13.5. The van der Waals surface area contributed by atoms with Crippen LogP contribution in [0, 0.1) is 5.92 Å². The molecule has 21 N–H and O–H groups in total. The van der Waals surface area contributed by atoms with E-state index in [0.717, 1.165) is 48.6 Å². The van der Waals surface area contributed by atoms with Gasteiger partial charge in [-0.15, -0.1) is 0 Å². The maximum absolute atomic E-state index is 14.4. The number of para-hydroxylation sites is 1. The molecule has 2 saturated heterocycles. The van der Waals surface area contributed by atoms with E-state index in [0.29, 0.717) is 36.9 Å². The number of aliphatic imine (C=N–C) groups is 1. The molecule has 2 aliphatic rings. The van der Waals surface area contributed by atoms with E-state index in [2.05, 4.69) is 80.0 Å². The molecule has 2 aliphatic heterocycles. The molecule has 113 heavy (non-hydrogen) atoms. The van der Waals surface area contributed by atoms with Gasteiger partial charge < -0.3 is 99.4 Å². The third kappa shape index (κ3) is 37.6. The first-order chi connectivity index (χ1) is 54.5. The predicted molar refractivity (Wildman–Crippen MR) is 430 cm³/mol. The van der Waals surface area contributed by atoms with Gasteiger partial charge in [0.05, 0.1) is 56.9 Å². The van der Waals surface area contributed by atoms with Crippen LogP contribution in [0.25, 0.3) is 10.9 Å². The zero-order chi connectivity index (χ0) is 82.1. The van der Waals surface area contributed by atoms with Crippen molar-refractivity contribution in [3.63, 3.8) is 0 Å². The van der Waals surface area contributed by atoms with Crippen LogP contribution < -0.4 is 70.4 Å². The number of carbonyl (C=O) groups excluding carboxylic acids is 10. The Bertz CT molecular complexity index is 3490. The number of guanidine groups is 1. The van der Waals surface area contributed by atoms with Crippen LogP contribution in [0.2, 0.25) is 0 Å². The number of amides is 10. The van der Waals surface area contributed by atoms with Crippen LogP contribution in [-0.4, -0.2) is 227 Å². The van der Waals surface area contributed by atoms with E-state index >= 15 is 0 Å². The van der Waals surface area contributed by atoms with Gasteiger partial charge in [0.2, 0.25) is 59.1 Å². The Morgan fingerprint density at radius 2 is 1.40 bits per heavy atom. The minimum atomic E-state index is -1.58. The predicted octanol–water partition coefficient (Wildman–Crippen LogP) is 2.30. The number of hydrogen-bond acceptors (Lipinski definition) is 19. The van der Waals surface area contributed by atoms with Crippen LogP contribution in [0.4, 0.5) is 0 Å². The normalized spacial score (nSPS) is 20.5. The molecule has 630 valence electrons. The number of rotatable bonds is 43. The number of nitrogens with two attached hydrogens (primary N) is 3. The first kappa shape index (κ1) is 94.5. The number of aliphatic hydroxyl groups excluding tert-OH is 3. The maximum atomic E-state index is 14.4. The smallest absolute Gasteiger partial charge is 0.246 e. The number of ether oxygens (including phenoxy) is 2. The third-order valence-electron chi connectivity index (χ3n) is 20.0. The first-order valence-corrected chi connectivity index (χ1v) is 40.7. The van der Waals surface area contributed by atoms with E-state index in [1.165, 1.54) is 82.5 Å². The fourth-order valence-electron chi connectivity index (χ4n) is 13.5. The zero-order valence-corrected chi connectivity index (χ0v) is 66.8. The Morgan fingerprint density at radius 3 is 2.08 bits per heavy atom. The van der Waals surface area contributed by atoms with E-state index in [1.54, 1.807) is 49.6 Å². The standard InChI is InChI=1S/C43H61N11O8.C37H69N7O7/c1-25-16-17-36(56)47-18-8-7-14-31(37(44)57)50-40(60)34(21-27-23-49-30-13-6-5-12-29(27)30)52-38(58)32(15-9-19-48-43(45)46)51-39(59)33(20-26-10-3-2-4-11-26)53-41(61)35-22-28(55)24-54(35)42(25)62;1-4-6-8-9-10-11-12-13-14-15-16-17-18-20-33(45)41-27-34(46)44-32(25-30-26-39-29-42-30)37(49)40-21-22-50-23-24-51-28-35(47)43-31(19-7-5-2)36(48)38-3/h2-6,10-13,23,25,28,31-35,38,49,52,55,58H,7-9,14-22,24H2,1H3,(H2,44,57)(H,47,56)(H,50,60)(H,51,59)(H,53,61)(H4,45,46,48);26,29,31-32,34,44,46H,4-25,27-28H2,1-3H3,(H,38,48)(H,39,42)(H,40,49)(H,41,45)(H,43,47)/t25-,28+,31-,32-,33+,34-,35-,38-;31-,32-,34+/m00/s1. The lowest BCUT2D eigenvalue weighted by atomic mass is 10.0. The molecule has 0 radical (unpaired) electrons. The van der Waals surface area contributed by atoms with Crippen LogP contribution in [0.3, 0.4) is 0 Å². The number of aromatic amines is 2. The number of aliphatic hydroxyl groups is 3. The highest BCUT2D eigenvalue weighted by atomic mass is 16.5. The summed E-state index contributed by atoms with van der Waals surface area (Å²) in [5, 5.41) is 62.0. The Kier molecular flexibility index (Phi) is 45.6. The molecule has 0 bridgehead atoms. The number of benzene rings is 2. The molecule has 33 nitrogen and oxygen atoms in total. The van der Waals surface area contributed by atoms with Gasteiger partial charge >= 0.3 is 0 Å². The number of unbranched alkanes of at least 4 members (excludes halogenated alkanes) is 13. The summed E-state index contributed by atoms with van der Waals surface area (Å²) in [6.45, 7) is 6.86. The van der Waals surface area contributed by atoms with Crippen molar-refractivity contribution in [1.82, 2.24) is 73.0 Å². The molecule has 2 aromatic heterocycles. The summed E-state index contributed by atoms with van der Waals surface area (Å²) in [4.78, 5) is 147. The maximum Gasteiger partial charge on any atom is 0.246 e. The minimum absolute atomic E-state index is 0.0175. The average Bonchev–Trinajstić information content (AvgIpc) is 1.68. The molecule has 33 heteroatoms. The number of carbonyl (C=O) groups is 10. The van der Waals surface area contributed by atoms with Crippen LogP contribution in [0.1, 0.15) is 198 Å². The SMILES string of the molecule is CCCCCCCCCCCCCCCC(=O)NC[C@@H](O)N[C@@H](Cc1cnc[nH]1)C(=O)NCCOCCOCC(=O)N[C@@H](CCCC)C(=O)NC.C[C@H]1CCC(=O)NCCCC[C@@H](C(N)=O)NC(=O)[C@H](Cc2c[nH]c3ccccc23)N[C@@H](O)[C@H](CCCN=C(N)N)NC(=O)[C@@H](Cc2ccccc2)NC(=O)[C@@H]2C[C@@H](O)CN2C1=O. The number of nitrogens with zero attached hydrogens (tertiary/aromatic N) is 3. The molecule has 0 spiro atoms. The van der Waals surface area contributed by atoms with Crippen molar-refractivity contribution in [3.8, 4) is 0 Å². The number of nitrogens with one attached hydrogen (secondary N) is 12. The molecule has 11 atom stereocenters. The summed E-state index contributed by atoms with van der Waals surface area (Å²) in [6.07, 6.45) is 22.0. The van der Waals surface area contributed by atoms with E-state index < -0.39 is 96.3 Å². The van der Waals surface area contributed by atoms with Gasteiger partial charge in [-0.3, -0.25) is 63.6 Å². The van der Waals surface area contributed by atoms with Crippen molar-refractivity contribution in [1.29, 1.82) is 0 Å². The topological polar surface area (TPSA) is 508 Å². The van der Waals surface area contributed by atoms with Crippen LogP contribution in [0.15, 0.2) is 78.3 Å². The number of H-pyrrole nitrogens is 2. The van der Waals surface area contributed by atoms with Crippen molar-refractivity contribution in [3.05, 3.63) is 90.1 Å². The summed E-state index contributed by atoms with van der Waals surface area (Å²) in [5.41, 5.74) is 19.8. The Hall–Kier alpha value is -9.12. The zero-order valence-electron chi connectivity index (χ0n) is 66.8. The van der Waals surface area contributed by atoms with Crippen LogP contribution in [-0.2, 0) is 76.7 Å². The van der Waals surface area contributed by atoms with Gasteiger partial charge in [-0.05, 0) is 75.0 Å². The monoisotopic (exact) mass is 1580 g/mol. The number of hydrogen-bond donors (Lipinski definition) is 18. The van der Waals surface area contributed by atoms with Crippen molar-refractivity contribution >= 4 is 75.9 Å². The molecule has 4 heterocycles. The average molecular weight is 1580 g/mol. The van der Waals surface area contributed by atoms with Crippen molar-refractivity contribution in [2.45, 2.75) is 261 Å². The summed E-state index contributed by atoms with van der Waals surface area (Å²) in [7, 11) is 1.53. The second kappa shape index (κ2) is 54.6. The van der Waals surface area contributed by atoms with Crippen molar-refractivity contribution in [2.75, 3.05) is 66.2 Å². The van der Waals surface area contributed by atoms with Gasteiger partial charge in [-0.1, -0.05) is 159 Å². The number of imidazole rings is 1. The second-order valence-corrected chi connectivity index (χ2v) is 29.3. The van der Waals surface area contributed by atoms with Crippen LogP contribution in [0.5, 0.6) is 0 Å². The molecular weight excluding hydrogens is 1450 g/mol. The van der Waals surface area contributed by atoms with Gasteiger partial charge in [-0.25, -0.2) is 4.98 Å². The van der Waals surface area contributed by atoms with E-state index in [-0.39, 0.29) is 152 Å².